The molecule has 19 heteroatoms. The van der Waals surface area contributed by atoms with Crippen LogP contribution >= 0.6 is 15.6 Å². The van der Waals surface area contributed by atoms with E-state index in [9.17, 15) is 43.2 Å². The Kier molecular flexibility index (Phi) is 75.5. The predicted octanol–water partition coefficient (Wildman–Crippen LogP) is 25.0. The summed E-state index contributed by atoms with van der Waals surface area (Å²) < 4.78 is 68.7. The van der Waals surface area contributed by atoms with Crippen LogP contribution in [0.2, 0.25) is 0 Å². The highest BCUT2D eigenvalue weighted by Gasteiger charge is 2.30. The summed E-state index contributed by atoms with van der Waals surface area (Å²) in [5.41, 5.74) is 0. The second-order valence-corrected chi connectivity index (χ2v) is 31.7. The summed E-state index contributed by atoms with van der Waals surface area (Å²) in [4.78, 5) is 73.1. The van der Waals surface area contributed by atoms with Crippen LogP contribution in [-0.2, 0) is 65.4 Å². The molecule has 0 amide bonds. The maximum absolute atomic E-state index is 13.1. The Morgan fingerprint density at radius 1 is 0.269 bits per heavy atom. The number of aliphatic hydroxyl groups is 1. The molecule has 0 aliphatic carbocycles. The predicted molar refractivity (Wildman–Crippen MR) is 427 cm³/mol. The number of esters is 4. The quantitative estimate of drug-likeness (QED) is 0.0169. The molecule has 17 nitrogen and oxygen atoms in total. The second kappa shape index (κ2) is 77.9. The lowest BCUT2D eigenvalue weighted by Gasteiger charge is -2.21. The Morgan fingerprint density at radius 2 is 0.490 bits per heavy atom. The molecule has 104 heavy (non-hydrogen) atoms. The van der Waals surface area contributed by atoms with Gasteiger partial charge in [0.2, 0.25) is 0 Å². The lowest BCUT2D eigenvalue weighted by Crippen LogP contribution is -2.30. The maximum atomic E-state index is 13.1. The first-order valence-electron chi connectivity index (χ1n) is 42.5. The van der Waals surface area contributed by atoms with Crippen LogP contribution in [0.15, 0.2) is 60.8 Å². The van der Waals surface area contributed by atoms with E-state index in [1.54, 1.807) is 0 Å². The molecular formula is C85H156O17P2. The van der Waals surface area contributed by atoms with Crippen molar-refractivity contribution in [2.24, 2.45) is 0 Å². The van der Waals surface area contributed by atoms with E-state index in [1.807, 2.05) is 18.2 Å². The summed E-state index contributed by atoms with van der Waals surface area (Å²) in [5, 5.41) is 10.7. The molecule has 0 rings (SSSR count). The highest BCUT2D eigenvalue weighted by molar-refractivity contribution is 7.47. The van der Waals surface area contributed by atoms with Crippen molar-refractivity contribution in [2.75, 3.05) is 39.6 Å². The van der Waals surface area contributed by atoms with E-state index in [1.165, 1.54) is 225 Å². The number of phosphoric acid groups is 2. The smallest absolute Gasteiger partial charge is 0.462 e. The number of hydrogen-bond donors (Lipinski definition) is 3. The Morgan fingerprint density at radius 3 is 0.779 bits per heavy atom. The van der Waals surface area contributed by atoms with E-state index in [-0.39, 0.29) is 25.7 Å². The molecule has 0 bridgehead atoms. The number of carbonyl (C=O) groups excluding carboxylic acids is 4. The van der Waals surface area contributed by atoms with Gasteiger partial charge in [-0.25, -0.2) is 9.13 Å². The summed E-state index contributed by atoms with van der Waals surface area (Å²) in [7, 11) is -9.96. The lowest BCUT2D eigenvalue weighted by molar-refractivity contribution is -0.161. The first kappa shape index (κ1) is 101. The number of phosphoric ester groups is 2. The van der Waals surface area contributed by atoms with Crippen molar-refractivity contribution in [3.05, 3.63) is 60.8 Å². The molecule has 0 saturated heterocycles. The summed E-state index contributed by atoms with van der Waals surface area (Å²) in [6, 6.07) is 0. The molecule has 0 aromatic heterocycles. The molecular weight excluding hydrogens is 1350 g/mol. The standard InChI is InChI=1S/C85H156O17P2/c1-5-9-13-17-21-25-29-33-37-38-39-40-44-48-52-56-60-64-68-72-85(90)102-81(76-96-83(88)70-66-62-58-54-50-46-42-35-31-27-23-19-15-11-7-3)78-100-104(93,94)98-74-79(86)73-97-103(91,92)99-77-80(101-84(89)71-67-63-59-55-51-47-43-36-32-28-24-20-16-12-8-4)75-95-82(87)69-65-61-57-53-49-45-41-34-30-26-22-18-14-10-6-2/h21,25,33,37,39-40,48,52,60,64,79-81,86H,5-20,22-24,26-32,34-36,38,41-47,49-51,53-59,61-63,65-78H2,1-4H3,(H,91,92)(H,93,94)/b25-21-,37-33-,40-39-,52-48-,64-60-/t79-,80+,81+/m0/s1. The van der Waals surface area contributed by atoms with Crippen molar-refractivity contribution < 1.29 is 80.2 Å². The van der Waals surface area contributed by atoms with Crippen LogP contribution in [0.1, 0.15) is 400 Å². The lowest BCUT2D eigenvalue weighted by atomic mass is 10.0. The van der Waals surface area contributed by atoms with Crippen LogP contribution in [0.3, 0.4) is 0 Å². The molecule has 0 aliphatic rings. The average molecular weight is 1510 g/mol. The molecule has 0 aromatic rings. The molecule has 0 aromatic carbocycles. The third-order valence-corrected chi connectivity index (χ3v) is 20.4. The highest BCUT2D eigenvalue weighted by Crippen LogP contribution is 2.45. The Hall–Kier alpha value is -3.24. The van der Waals surface area contributed by atoms with Gasteiger partial charge in [0.15, 0.2) is 12.2 Å². The van der Waals surface area contributed by atoms with Gasteiger partial charge in [0.05, 0.1) is 26.4 Å². The van der Waals surface area contributed by atoms with Gasteiger partial charge in [-0.3, -0.25) is 37.3 Å². The fourth-order valence-electron chi connectivity index (χ4n) is 12.0. The SMILES string of the molecule is CCCCC/C=C\C/C=C\C/C=C\C/C=C\C/C=C\CCC(=O)O[C@H](COC(=O)CCCCCCCCCCCCCCCCC)COP(=O)(O)OC[C@@H](O)COP(=O)(O)OC[C@@H](COC(=O)CCCCCCCCCCCCCCCCC)OC(=O)CCCCCCCCCCCCCCCCC. The molecule has 608 valence electrons. The van der Waals surface area contributed by atoms with Crippen LogP contribution in [0.4, 0.5) is 0 Å². The number of rotatable bonds is 81. The van der Waals surface area contributed by atoms with Crippen molar-refractivity contribution in [2.45, 2.75) is 418 Å². The van der Waals surface area contributed by atoms with Gasteiger partial charge in [0, 0.05) is 25.7 Å². The maximum Gasteiger partial charge on any atom is 0.472 e. The zero-order valence-electron chi connectivity index (χ0n) is 66.7. The van der Waals surface area contributed by atoms with E-state index in [0.29, 0.717) is 32.1 Å². The normalized spacial score (nSPS) is 14.1. The van der Waals surface area contributed by atoms with E-state index < -0.39 is 97.5 Å². The first-order valence-corrected chi connectivity index (χ1v) is 45.5. The fourth-order valence-corrected chi connectivity index (χ4v) is 13.6. The van der Waals surface area contributed by atoms with Crippen LogP contribution in [0, 0.1) is 0 Å². The van der Waals surface area contributed by atoms with Crippen molar-refractivity contribution in [1.29, 1.82) is 0 Å². The van der Waals surface area contributed by atoms with Gasteiger partial charge in [0.1, 0.15) is 19.3 Å². The topological polar surface area (TPSA) is 237 Å². The third-order valence-electron chi connectivity index (χ3n) is 18.5. The average Bonchev–Trinajstić information content (AvgIpc) is 0.943. The number of ether oxygens (including phenoxy) is 4. The third kappa shape index (κ3) is 76.9. The van der Waals surface area contributed by atoms with Crippen molar-refractivity contribution in [3.8, 4) is 0 Å². The Balaban J connectivity index is 5.38. The van der Waals surface area contributed by atoms with Gasteiger partial charge in [-0.2, -0.15) is 0 Å². The van der Waals surface area contributed by atoms with Gasteiger partial charge >= 0.3 is 39.5 Å². The summed E-state index contributed by atoms with van der Waals surface area (Å²) in [6.45, 7) is 4.88. The van der Waals surface area contributed by atoms with Crippen LogP contribution in [0.5, 0.6) is 0 Å². The number of aliphatic hydroxyl groups excluding tert-OH is 1. The van der Waals surface area contributed by atoms with Crippen LogP contribution in [0.25, 0.3) is 0 Å². The van der Waals surface area contributed by atoms with Crippen molar-refractivity contribution in [1.82, 2.24) is 0 Å². The second-order valence-electron chi connectivity index (χ2n) is 28.8. The van der Waals surface area contributed by atoms with Gasteiger partial charge in [-0.1, -0.05) is 371 Å². The van der Waals surface area contributed by atoms with Crippen molar-refractivity contribution in [3.63, 3.8) is 0 Å². The fraction of sp³-hybridized carbons (Fsp3) is 0.835. The van der Waals surface area contributed by atoms with E-state index in [2.05, 4.69) is 70.2 Å². The molecule has 0 spiro atoms. The molecule has 0 radical (unpaired) electrons. The number of allylic oxidation sites excluding steroid dienone is 10. The van der Waals surface area contributed by atoms with E-state index >= 15 is 0 Å². The highest BCUT2D eigenvalue weighted by atomic mass is 31.2. The minimum atomic E-state index is -4.99. The summed E-state index contributed by atoms with van der Waals surface area (Å²) in [6.07, 6.45) is 79.1. The largest absolute Gasteiger partial charge is 0.472 e. The van der Waals surface area contributed by atoms with Gasteiger partial charge in [0.25, 0.3) is 0 Å². The van der Waals surface area contributed by atoms with Crippen molar-refractivity contribution >= 4 is 39.5 Å². The first-order chi connectivity index (χ1) is 50.7. The molecule has 0 saturated carbocycles. The molecule has 0 heterocycles. The van der Waals surface area contributed by atoms with Gasteiger partial charge in [-0.15, -0.1) is 0 Å². The Bertz CT molecular complexity index is 2200. The van der Waals surface area contributed by atoms with Gasteiger partial charge < -0.3 is 33.8 Å². The number of hydrogen-bond acceptors (Lipinski definition) is 15. The molecule has 0 fully saturated rings. The molecule has 0 aliphatic heterocycles. The molecule has 2 unspecified atom stereocenters. The van der Waals surface area contributed by atoms with Crippen LogP contribution in [-0.4, -0.2) is 96.7 Å². The van der Waals surface area contributed by atoms with Crippen LogP contribution < -0.4 is 0 Å². The van der Waals surface area contributed by atoms with E-state index in [0.717, 1.165) is 89.9 Å². The zero-order valence-corrected chi connectivity index (χ0v) is 68.5. The minimum Gasteiger partial charge on any atom is -0.462 e. The zero-order chi connectivity index (χ0) is 76.0. The summed E-state index contributed by atoms with van der Waals surface area (Å²) >= 11 is 0. The Labute approximate surface area is 635 Å². The monoisotopic (exact) mass is 1510 g/mol. The van der Waals surface area contributed by atoms with Gasteiger partial charge in [-0.05, 0) is 64.2 Å². The summed E-state index contributed by atoms with van der Waals surface area (Å²) in [5.74, 6) is -2.22. The number of carbonyl (C=O) groups is 4. The molecule has 5 atom stereocenters. The molecule has 3 N–H and O–H groups in total. The number of unbranched alkanes of at least 4 members (excludes halogenated alkanes) is 45. The minimum absolute atomic E-state index is 0.0228. The van der Waals surface area contributed by atoms with E-state index in [4.69, 9.17) is 37.0 Å².